The molecule has 0 saturated heterocycles. The van der Waals surface area contributed by atoms with Gasteiger partial charge in [-0.25, -0.2) is 4.79 Å². The van der Waals surface area contributed by atoms with E-state index in [1.165, 1.54) is 0 Å². The van der Waals surface area contributed by atoms with E-state index in [-0.39, 0.29) is 0 Å². The van der Waals surface area contributed by atoms with Gasteiger partial charge in [-0.05, 0) is 46.6 Å². The van der Waals surface area contributed by atoms with Gasteiger partial charge in [-0.3, -0.25) is 10.3 Å². The van der Waals surface area contributed by atoms with Gasteiger partial charge < -0.3 is 14.2 Å². The number of ether oxygens (including phenoxy) is 3. The summed E-state index contributed by atoms with van der Waals surface area (Å²) in [6, 6.07) is 1.66. The van der Waals surface area contributed by atoms with Crippen molar-refractivity contribution in [2.75, 3.05) is 18.5 Å². The zero-order valence-corrected chi connectivity index (χ0v) is 14.3. The Morgan fingerprint density at radius 3 is 2.52 bits per heavy atom. The quantitative estimate of drug-likeness (QED) is 0.666. The smallest absolute Gasteiger partial charge is 0.412 e. The molecule has 0 spiro atoms. The highest BCUT2D eigenvalue weighted by molar-refractivity contribution is 5.86. The Hall–Kier alpha value is -2.10. The van der Waals surface area contributed by atoms with Gasteiger partial charge in [0.25, 0.3) is 0 Å². The summed E-state index contributed by atoms with van der Waals surface area (Å²) >= 11 is 0. The first-order chi connectivity index (χ1) is 10.9. The Kier molecular flexibility index (Phi) is 7.52. The van der Waals surface area contributed by atoms with Crippen molar-refractivity contribution in [2.24, 2.45) is 0 Å². The maximum Gasteiger partial charge on any atom is 0.412 e. The summed E-state index contributed by atoms with van der Waals surface area (Å²) in [6.45, 7) is 10.1. The lowest BCUT2D eigenvalue weighted by Gasteiger charge is -2.19. The molecule has 6 heteroatoms. The number of hydrogen-bond donors (Lipinski definition) is 1. The van der Waals surface area contributed by atoms with Gasteiger partial charge in [-0.2, -0.15) is 0 Å². The molecule has 0 fully saturated rings. The van der Waals surface area contributed by atoms with Crippen LogP contribution in [0.5, 0.6) is 0 Å². The number of rotatable bonds is 5. The van der Waals surface area contributed by atoms with Crippen LogP contribution in [0, 0.1) is 11.8 Å². The molecule has 1 N–H and O–H groups in total. The Labute approximate surface area is 137 Å². The van der Waals surface area contributed by atoms with E-state index in [2.05, 4.69) is 22.1 Å². The van der Waals surface area contributed by atoms with E-state index in [1.54, 1.807) is 39.2 Å². The van der Waals surface area contributed by atoms with E-state index in [0.717, 1.165) is 0 Å². The molecule has 1 heterocycles. The Morgan fingerprint density at radius 2 is 1.96 bits per heavy atom. The van der Waals surface area contributed by atoms with Gasteiger partial charge in [-0.15, -0.1) is 0 Å². The molecule has 6 nitrogen and oxygen atoms in total. The number of amides is 1. The maximum atomic E-state index is 11.9. The third-order valence-electron chi connectivity index (χ3n) is 2.42. The predicted octanol–water partition coefficient (Wildman–Crippen LogP) is 3.18. The zero-order valence-electron chi connectivity index (χ0n) is 14.3. The average Bonchev–Trinajstić information content (AvgIpc) is 2.44. The molecule has 1 rings (SSSR count). The highest BCUT2D eigenvalue weighted by Gasteiger charge is 2.17. The summed E-state index contributed by atoms with van der Waals surface area (Å²) in [5, 5.41) is 2.67. The number of carbonyl (C=O) groups excluding carboxylic acids is 1. The zero-order chi connectivity index (χ0) is 17.3. The topological polar surface area (TPSA) is 69.7 Å². The second kappa shape index (κ2) is 9.13. The molecule has 0 saturated carbocycles. The molecule has 0 atom stereocenters. The van der Waals surface area contributed by atoms with Crippen LogP contribution in [-0.4, -0.2) is 36.2 Å². The molecule has 0 aliphatic rings. The lowest BCUT2D eigenvalue weighted by atomic mass is 10.2. The first kappa shape index (κ1) is 18.9. The number of anilines is 1. The van der Waals surface area contributed by atoms with Crippen molar-refractivity contribution in [3.8, 4) is 11.8 Å². The molecular formula is C17H24N2O4. The molecule has 0 aromatic carbocycles. The molecule has 1 amide bonds. The minimum absolute atomic E-state index is 0.495. The monoisotopic (exact) mass is 320 g/mol. The van der Waals surface area contributed by atoms with Crippen molar-refractivity contribution in [2.45, 2.75) is 46.5 Å². The van der Waals surface area contributed by atoms with Crippen LogP contribution in [-0.2, 0) is 14.2 Å². The summed E-state index contributed by atoms with van der Waals surface area (Å²) in [5.41, 5.74) is 0.508. The summed E-state index contributed by atoms with van der Waals surface area (Å²) in [6.07, 6.45) is 1.98. The van der Waals surface area contributed by atoms with Crippen molar-refractivity contribution >= 4 is 11.8 Å². The second-order valence-electron chi connectivity index (χ2n) is 5.56. The normalized spacial score (nSPS) is 10.9. The number of nitrogens with zero attached hydrogens (tertiary/aromatic N) is 1. The molecular weight excluding hydrogens is 296 g/mol. The second-order valence-corrected chi connectivity index (χ2v) is 5.56. The number of aromatic nitrogens is 1. The van der Waals surface area contributed by atoms with E-state index in [1.807, 2.05) is 13.8 Å². The highest BCUT2D eigenvalue weighted by Crippen LogP contribution is 2.15. The molecule has 0 radical (unpaired) electrons. The van der Waals surface area contributed by atoms with Crippen LogP contribution < -0.4 is 5.32 Å². The van der Waals surface area contributed by atoms with Crippen LogP contribution in [0.15, 0.2) is 18.5 Å². The van der Waals surface area contributed by atoms with Gasteiger partial charge in [0.05, 0.1) is 11.3 Å². The summed E-state index contributed by atoms with van der Waals surface area (Å²) in [7, 11) is 0. The van der Waals surface area contributed by atoms with Crippen LogP contribution in [0.3, 0.4) is 0 Å². The minimum Gasteiger partial charge on any atom is -0.444 e. The summed E-state index contributed by atoms with van der Waals surface area (Å²) < 4.78 is 16.0. The Morgan fingerprint density at radius 1 is 1.30 bits per heavy atom. The first-order valence-electron chi connectivity index (χ1n) is 7.54. The van der Waals surface area contributed by atoms with Crippen LogP contribution in [0.2, 0.25) is 0 Å². The molecule has 1 aromatic rings. The summed E-state index contributed by atoms with van der Waals surface area (Å²) in [5.74, 6) is 5.79. The molecule has 0 aliphatic carbocycles. The number of hydrogen-bond acceptors (Lipinski definition) is 5. The number of carbonyl (C=O) groups is 1. The highest BCUT2D eigenvalue weighted by atomic mass is 16.7. The van der Waals surface area contributed by atoms with Crippen molar-refractivity contribution in [1.29, 1.82) is 0 Å². The van der Waals surface area contributed by atoms with Crippen molar-refractivity contribution < 1.29 is 19.0 Å². The van der Waals surface area contributed by atoms with Crippen molar-refractivity contribution in [1.82, 2.24) is 4.98 Å². The van der Waals surface area contributed by atoms with Gasteiger partial charge in [0.2, 0.25) is 6.29 Å². The van der Waals surface area contributed by atoms with Gasteiger partial charge >= 0.3 is 6.09 Å². The van der Waals surface area contributed by atoms with E-state index in [4.69, 9.17) is 14.2 Å². The predicted molar refractivity (Wildman–Crippen MR) is 88.0 cm³/mol. The minimum atomic E-state index is -0.611. The summed E-state index contributed by atoms with van der Waals surface area (Å²) in [4.78, 5) is 15.9. The molecule has 126 valence electrons. The fourth-order valence-corrected chi connectivity index (χ4v) is 1.59. The van der Waals surface area contributed by atoms with Gasteiger partial charge in [-0.1, -0.05) is 5.92 Å². The standard InChI is InChI=1S/C17H24N2O4/c1-6-21-15(22-7-2)9-8-13-12-18-11-10-14(13)19-16(20)23-17(3,4)5/h10-12,15H,6-7H2,1-5H3,(H,18,19,20). The number of pyridine rings is 1. The molecule has 23 heavy (non-hydrogen) atoms. The Balaban J connectivity index is 2.87. The lowest BCUT2D eigenvalue weighted by molar-refractivity contribution is -0.0969. The average molecular weight is 320 g/mol. The van der Waals surface area contributed by atoms with E-state index >= 15 is 0 Å². The number of nitrogens with one attached hydrogen (secondary N) is 1. The third kappa shape index (κ3) is 7.63. The fourth-order valence-electron chi connectivity index (χ4n) is 1.59. The van der Waals surface area contributed by atoms with Gasteiger partial charge in [0.15, 0.2) is 0 Å². The van der Waals surface area contributed by atoms with Crippen molar-refractivity contribution in [3.63, 3.8) is 0 Å². The Bertz CT molecular complexity index is 564. The van der Waals surface area contributed by atoms with Crippen LogP contribution in [0.1, 0.15) is 40.2 Å². The molecule has 0 aliphatic heterocycles. The SMILES string of the molecule is CCOC(C#Cc1cnccc1NC(=O)OC(C)(C)C)OCC. The van der Waals surface area contributed by atoms with E-state index in [0.29, 0.717) is 24.5 Å². The van der Waals surface area contributed by atoms with E-state index < -0.39 is 18.0 Å². The van der Waals surface area contributed by atoms with Gasteiger partial charge in [0.1, 0.15) is 5.60 Å². The molecule has 0 bridgehead atoms. The van der Waals surface area contributed by atoms with Crippen LogP contribution in [0.4, 0.5) is 10.5 Å². The third-order valence-corrected chi connectivity index (χ3v) is 2.42. The molecule has 0 unspecified atom stereocenters. The maximum absolute atomic E-state index is 11.9. The molecule has 1 aromatic heterocycles. The van der Waals surface area contributed by atoms with Gasteiger partial charge in [0, 0.05) is 25.6 Å². The largest absolute Gasteiger partial charge is 0.444 e. The fraction of sp³-hybridized carbons (Fsp3) is 0.529. The van der Waals surface area contributed by atoms with Crippen LogP contribution >= 0.6 is 0 Å². The lowest BCUT2D eigenvalue weighted by Crippen LogP contribution is -2.27. The van der Waals surface area contributed by atoms with Crippen LogP contribution in [0.25, 0.3) is 0 Å². The van der Waals surface area contributed by atoms with E-state index in [9.17, 15) is 4.79 Å². The first-order valence-corrected chi connectivity index (χ1v) is 7.54. The van der Waals surface area contributed by atoms with Crippen molar-refractivity contribution in [3.05, 3.63) is 24.0 Å².